The maximum Gasteiger partial charge on any atom is 0.339 e. The Hall–Kier alpha value is -2.47. The van der Waals surface area contributed by atoms with Crippen molar-refractivity contribution in [2.24, 2.45) is 0 Å². The second-order valence-corrected chi connectivity index (χ2v) is 7.33. The monoisotopic (exact) mass is 375 g/mol. The van der Waals surface area contributed by atoms with Gasteiger partial charge in [-0.3, -0.25) is 0 Å². The molecule has 3 rings (SSSR count). The molecule has 0 aliphatic rings. The summed E-state index contributed by atoms with van der Waals surface area (Å²) >= 11 is 5.78. The smallest absolute Gasteiger partial charge is 0.339 e. The molecule has 0 aliphatic carbocycles. The zero-order valence-electron chi connectivity index (χ0n) is 15.0. The van der Waals surface area contributed by atoms with Gasteiger partial charge in [0.15, 0.2) is 5.65 Å². The molecule has 0 saturated carbocycles. The van der Waals surface area contributed by atoms with Crippen molar-refractivity contribution in [2.75, 3.05) is 6.61 Å². The third-order valence-electron chi connectivity index (χ3n) is 3.89. The van der Waals surface area contributed by atoms with E-state index in [4.69, 9.17) is 16.3 Å². The Balaban J connectivity index is 2.25. The number of pyridine rings is 1. The zero-order chi connectivity index (χ0) is 19.1. The predicted octanol–water partition coefficient (Wildman–Crippen LogP) is 4.69. The van der Waals surface area contributed by atoms with Crippen LogP contribution in [0.4, 0.5) is 4.39 Å². The number of nitrogens with zero attached hydrogens (tertiary/aromatic N) is 3. The summed E-state index contributed by atoms with van der Waals surface area (Å²) in [6.07, 6.45) is 1.44. The van der Waals surface area contributed by atoms with Crippen molar-refractivity contribution in [1.82, 2.24) is 14.8 Å². The number of hydrogen-bond donors (Lipinski definition) is 0. The van der Waals surface area contributed by atoms with Gasteiger partial charge in [0.25, 0.3) is 0 Å². The first kappa shape index (κ1) is 18.3. The van der Waals surface area contributed by atoms with Crippen molar-refractivity contribution in [1.29, 1.82) is 0 Å². The highest BCUT2D eigenvalue weighted by Crippen LogP contribution is 2.31. The van der Waals surface area contributed by atoms with Crippen LogP contribution in [0.15, 0.2) is 30.5 Å². The maximum absolute atomic E-state index is 13.9. The molecule has 0 saturated heterocycles. The second-order valence-electron chi connectivity index (χ2n) is 6.92. The number of carbonyl (C=O) groups excluding carboxylic acids is 1. The van der Waals surface area contributed by atoms with E-state index < -0.39 is 11.8 Å². The highest BCUT2D eigenvalue weighted by atomic mass is 35.5. The quantitative estimate of drug-likeness (QED) is 0.623. The molecule has 0 spiro atoms. The van der Waals surface area contributed by atoms with E-state index in [1.165, 1.54) is 18.3 Å². The molecular weight excluding hydrogens is 357 g/mol. The third kappa shape index (κ3) is 3.29. The van der Waals surface area contributed by atoms with Gasteiger partial charge >= 0.3 is 5.97 Å². The second kappa shape index (κ2) is 6.68. The predicted molar refractivity (Wildman–Crippen MR) is 98.5 cm³/mol. The molecule has 0 aliphatic heterocycles. The minimum atomic E-state index is -0.534. The first-order valence-electron chi connectivity index (χ1n) is 8.24. The van der Waals surface area contributed by atoms with Gasteiger partial charge in [0.2, 0.25) is 0 Å². The Morgan fingerprint density at radius 2 is 2.04 bits per heavy atom. The van der Waals surface area contributed by atoms with Crippen LogP contribution in [0.2, 0.25) is 5.02 Å². The number of aromatic nitrogens is 3. The van der Waals surface area contributed by atoms with Crippen LogP contribution >= 0.6 is 11.6 Å². The summed E-state index contributed by atoms with van der Waals surface area (Å²) < 4.78 is 20.5. The van der Waals surface area contributed by atoms with E-state index in [1.807, 2.05) is 20.8 Å². The summed E-state index contributed by atoms with van der Waals surface area (Å²) in [4.78, 5) is 16.4. The highest BCUT2D eigenvalue weighted by Gasteiger charge is 2.25. The molecule has 26 heavy (non-hydrogen) atoms. The molecule has 5 nitrogen and oxygen atoms in total. The molecule has 136 valence electrons. The molecule has 0 N–H and O–H groups in total. The normalized spacial score (nSPS) is 11.8. The Morgan fingerprint density at radius 3 is 2.65 bits per heavy atom. The van der Waals surface area contributed by atoms with E-state index in [0.717, 1.165) is 11.1 Å². The minimum Gasteiger partial charge on any atom is -0.462 e. The van der Waals surface area contributed by atoms with Gasteiger partial charge in [0.1, 0.15) is 5.82 Å². The van der Waals surface area contributed by atoms with Gasteiger partial charge in [-0.25, -0.2) is 18.9 Å². The van der Waals surface area contributed by atoms with Crippen molar-refractivity contribution in [3.63, 3.8) is 0 Å². The van der Waals surface area contributed by atoms with Crippen LogP contribution in [0, 0.1) is 5.82 Å². The number of carbonyl (C=O) groups is 1. The Morgan fingerprint density at radius 1 is 1.31 bits per heavy atom. The van der Waals surface area contributed by atoms with Crippen LogP contribution < -0.4 is 0 Å². The Labute approximate surface area is 155 Å². The minimum absolute atomic E-state index is 0.0406. The summed E-state index contributed by atoms with van der Waals surface area (Å²) in [6.45, 7) is 8.07. The average Bonchev–Trinajstić information content (AvgIpc) is 2.96. The van der Waals surface area contributed by atoms with Crippen molar-refractivity contribution >= 4 is 28.6 Å². The largest absolute Gasteiger partial charge is 0.462 e. The summed E-state index contributed by atoms with van der Waals surface area (Å²) in [6, 6.07) is 6.17. The lowest BCUT2D eigenvalue weighted by Gasteiger charge is -2.15. The topological polar surface area (TPSA) is 57.0 Å². The summed E-state index contributed by atoms with van der Waals surface area (Å²) in [5, 5.41) is 5.40. The van der Waals surface area contributed by atoms with Gasteiger partial charge in [-0.2, -0.15) is 5.10 Å². The molecule has 0 amide bonds. The lowest BCUT2D eigenvalue weighted by molar-refractivity contribution is 0.0526. The maximum atomic E-state index is 13.9. The number of benzene rings is 1. The van der Waals surface area contributed by atoms with Crippen LogP contribution in [0.3, 0.4) is 0 Å². The van der Waals surface area contributed by atoms with E-state index in [0.29, 0.717) is 16.9 Å². The number of rotatable bonds is 3. The van der Waals surface area contributed by atoms with Gasteiger partial charge in [-0.05, 0) is 25.1 Å². The zero-order valence-corrected chi connectivity index (χ0v) is 15.8. The molecule has 0 unspecified atom stereocenters. The van der Waals surface area contributed by atoms with Crippen molar-refractivity contribution < 1.29 is 13.9 Å². The number of hydrogen-bond acceptors (Lipinski definition) is 4. The first-order chi connectivity index (χ1) is 12.2. The van der Waals surface area contributed by atoms with Crippen LogP contribution in [-0.2, 0) is 10.2 Å². The van der Waals surface area contributed by atoms with Crippen LogP contribution in [0.5, 0.6) is 0 Å². The van der Waals surface area contributed by atoms with Crippen LogP contribution in [-0.4, -0.2) is 27.3 Å². The number of esters is 1. The van der Waals surface area contributed by atoms with Gasteiger partial charge in [0.05, 0.1) is 28.6 Å². The molecule has 3 aromatic rings. The number of halogens is 2. The van der Waals surface area contributed by atoms with Gasteiger partial charge < -0.3 is 4.74 Å². The molecule has 0 bridgehead atoms. The van der Waals surface area contributed by atoms with E-state index in [1.54, 1.807) is 23.7 Å². The lowest BCUT2D eigenvalue weighted by atomic mass is 9.90. The standard InChI is InChI=1S/C19H19ClFN3O2/c1-5-26-18(25)11-8-13-16(19(2,3)4)23-24(17(13)22-10-11)12-6-7-14(20)15(21)9-12/h6-10H,5H2,1-4H3. The SMILES string of the molecule is CCOC(=O)c1cnc2c(c1)c(C(C)(C)C)nn2-c1ccc(Cl)c(F)c1. The molecule has 2 aromatic heterocycles. The van der Waals surface area contributed by atoms with Crippen molar-refractivity contribution in [3.8, 4) is 5.69 Å². The van der Waals surface area contributed by atoms with Crippen LogP contribution in [0.25, 0.3) is 16.7 Å². The van der Waals surface area contributed by atoms with E-state index >= 15 is 0 Å². The van der Waals surface area contributed by atoms with Gasteiger partial charge in [-0.1, -0.05) is 32.4 Å². The molecule has 0 radical (unpaired) electrons. The summed E-state index contributed by atoms with van der Waals surface area (Å²) in [5.74, 6) is -0.972. The van der Waals surface area contributed by atoms with Gasteiger partial charge in [0, 0.05) is 23.1 Å². The van der Waals surface area contributed by atoms with Crippen molar-refractivity contribution in [3.05, 3.63) is 52.6 Å². The molecule has 0 fully saturated rings. The molecule has 2 heterocycles. The summed E-state index contributed by atoms with van der Waals surface area (Å²) in [7, 11) is 0. The van der Waals surface area contributed by atoms with Crippen molar-refractivity contribution in [2.45, 2.75) is 33.1 Å². The fourth-order valence-corrected chi connectivity index (χ4v) is 2.80. The summed E-state index contributed by atoms with van der Waals surface area (Å²) in [5.41, 5.74) is 1.84. The molecular formula is C19H19ClFN3O2. The number of fused-ring (bicyclic) bond motifs is 1. The molecule has 1 aromatic carbocycles. The highest BCUT2D eigenvalue weighted by molar-refractivity contribution is 6.30. The first-order valence-corrected chi connectivity index (χ1v) is 8.62. The molecule has 7 heteroatoms. The fraction of sp³-hybridized carbons (Fsp3) is 0.316. The van der Waals surface area contributed by atoms with E-state index in [-0.39, 0.29) is 17.0 Å². The third-order valence-corrected chi connectivity index (χ3v) is 4.20. The Kier molecular flexibility index (Phi) is 4.71. The fourth-order valence-electron chi connectivity index (χ4n) is 2.68. The molecule has 0 atom stereocenters. The van der Waals surface area contributed by atoms with E-state index in [9.17, 15) is 9.18 Å². The lowest BCUT2D eigenvalue weighted by Crippen LogP contribution is -2.13. The number of ether oxygens (including phenoxy) is 1. The van der Waals surface area contributed by atoms with Gasteiger partial charge in [-0.15, -0.1) is 0 Å². The Bertz CT molecular complexity index is 992. The van der Waals surface area contributed by atoms with E-state index in [2.05, 4.69) is 10.1 Å². The van der Waals surface area contributed by atoms with Crippen LogP contribution in [0.1, 0.15) is 43.7 Å². The average molecular weight is 376 g/mol.